The molecule has 0 amide bonds. The van der Waals surface area contributed by atoms with Crippen molar-refractivity contribution >= 4 is 21.6 Å². The second-order valence-electron chi connectivity index (χ2n) is 6.43. The zero-order valence-corrected chi connectivity index (χ0v) is 16.3. The van der Waals surface area contributed by atoms with Gasteiger partial charge < -0.3 is 4.74 Å². The van der Waals surface area contributed by atoms with Crippen molar-refractivity contribution in [3.05, 3.63) is 45.8 Å². The number of benzene rings is 1. The predicted molar refractivity (Wildman–Crippen MR) is 98.9 cm³/mol. The lowest BCUT2D eigenvalue weighted by Crippen LogP contribution is -2.29. The van der Waals surface area contributed by atoms with E-state index in [1.165, 1.54) is 36.4 Å². The van der Waals surface area contributed by atoms with Gasteiger partial charge in [0.2, 0.25) is 10.0 Å². The number of aryl methyl sites for hydroxylation is 1. The number of carbonyl (C=O) groups is 1. The maximum atomic E-state index is 12.9. The number of rotatable bonds is 6. The quantitative estimate of drug-likeness (QED) is 0.528. The van der Waals surface area contributed by atoms with Crippen LogP contribution in [0.1, 0.15) is 29.0 Å². The molecule has 1 aliphatic heterocycles. The number of hydrogen-bond acceptors (Lipinski definition) is 7. The van der Waals surface area contributed by atoms with Crippen molar-refractivity contribution in [2.24, 2.45) is 0 Å². The first-order chi connectivity index (χ1) is 13.2. The van der Waals surface area contributed by atoms with Crippen LogP contribution in [-0.4, -0.2) is 53.0 Å². The van der Waals surface area contributed by atoms with Gasteiger partial charge in [0.15, 0.2) is 12.4 Å². The van der Waals surface area contributed by atoms with E-state index in [0.29, 0.717) is 13.1 Å². The molecule has 2 heterocycles. The van der Waals surface area contributed by atoms with Crippen LogP contribution in [-0.2, 0) is 10.0 Å². The zero-order chi connectivity index (χ0) is 20.5. The lowest BCUT2D eigenvalue weighted by molar-refractivity contribution is -0.385. The van der Waals surface area contributed by atoms with Crippen molar-refractivity contribution in [2.45, 2.75) is 31.6 Å². The molecule has 3 rings (SSSR count). The molecule has 2 aromatic rings. The van der Waals surface area contributed by atoms with Crippen LogP contribution in [0.2, 0.25) is 0 Å². The number of nitrogens with zero attached hydrogens (tertiary/aromatic N) is 4. The Balaban J connectivity index is 1.83. The molecule has 0 N–H and O–H groups in total. The summed E-state index contributed by atoms with van der Waals surface area (Å²) < 4.78 is 33.4. The minimum Gasteiger partial charge on any atom is -0.477 e. The van der Waals surface area contributed by atoms with E-state index in [1.54, 1.807) is 6.07 Å². The summed E-state index contributed by atoms with van der Waals surface area (Å²) in [4.78, 5) is 23.0. The van der Waals surface area contributed by atoms with Crippen LogP contribution in [0.4, 0.5) is 5.69 Å². The Hall–Kier alpha value is -2.79. The number of sulfonamides is 1. The minimum atomic E-state index is -3.73. The van der Waals surface area contributed by atoms with Gasteiger partial charge in [0.05, 0.1) is 16.3 Å². The van der Waals surface area contributed by atoms with Crippen LogP contribution in [0.3, 0.4) is 0 Å². The predicted octanol–water partition coefficient (Wildman–Crippen LogP) is 1.91. The van der Waals surface area contributed by atoms with Crippen LogP contribution in [0.5, 0.6) is 5.75 Å². The summed E-state index contributed by atoms with van der Waals surface area (Å²) in [5, 5.41) is 15.1. The van der Waals surface area contributed by atoms with E-state index in [0.717, 1.165) is 17.5 Å². The first-order valence-corrected chi connectivity index (χ1v) is 10.1. The number of hydrogen-bond donors (Lipinski definition) is 0. The third-order valence-corrected chi connectivity index (χ3v) is 6.69. The standard InChI is InChI=1S/C17H20N4O6S/c1-12-17(28(25,26)19-9-5-6-10-19)13(2)20(18-12)16(22)11-27-15-8-4-3-7-14(15)21(23)24/h3-4,7-8H,5-6,9-11H2,1-2H3. The summed E-state index contributed by atoms with van der Waals surface area (Å²) in [6, 6.07) is 5.69. The Bertz CT molecular complexity index is 1020. The molecule has 1 saturated heterocycles. The first kappa shape index (κ1) is 20.0. The minimum absolute atomic E-state index is 0.0217. The van der Waals surface area contributed by atoms with Crippen molar-refractivity contribution in [3.63, 3.8) is 0 Å². The highest BCUT2D eigenvalue weighted by atomic mass is 32.2. The average Bonchev–Trinajstić information content (AvgIpc) is 3.28. The maximum absolute atomic E-state index is 12.9. The monoisotopic (exact) mass is 408 g/mol. The van der Waals surface area contributed by atoms with Gasteiger partial charge in [0.25, 0.3) is 5.91 Å². The van der Waals surface area contributed by atoms with Crippen LogP contribution in [0.15, 0.2) is 29.2 Å². The van der Waals surface area contributed by atoms with E-state index in [1.807, 2.05) is 0 Å². The van der Waals surface area contributed by atoms with Crippen LogP contribution >= 0.6 is 0 Å². The van der Waals surface area contributed by atoms with Crippen LogP contribution in [0, 0.1) is 24.0 Å². The molecule has 1 aromatic carbocycles. The van der Waals surface area contributed by atoms with Crippen molar-refractivity contribution < 1.29 is 22.9 Å². The van der Waals surface area contributed by atoms with Crippen LogP contribution < -0.4 is 4.74 Å². The van der Waals surface area contributed by atoms with Gasteiger partial charge in [-0.25, -0.2) is 13.1 Å². The van der Waals surface area contributed by atoms with E-state index < -0.39 is 27.5 Å². The molecule has 0 saturated carbocycles. The third-order valence-electron chi connectivity index (χ3n) is 4.54. The molecule has 1 aromatic heterocycles. The summed E-state index contributed by atoms with van der Waals surface area (Å²) >= 11 is 0. The fraction of sp³-hybridized carbons (Fsp3) is 0.412. The summed E-state index contributed by atoms with van der Waals surface area (Å²) in [5.41, 5.74) is 0.157. The van der Waals surface area contributed by atoms with E-state index in [2.05, 4.69) is 5.10 Å². The first-order valence-electron chi connectivity index (χ1n) is 8.69. The highest BCUT2D eigenvalue weighted by molar-refractivity contribution is 7.89. The summed E-state index contributed by atoms with van der Waals surface area (Å²) in [5.74, 6) is -0.672. The number of para-hydroxylation sites is 2. The fourth-order valence-electron chi connectivity index (χ4n) is 3.23. The lowest BCUT2D eigenvalue weighted by Gasteiger charge is -2.15. The molecular weight excluding hydrogens is 388 g/mol. The lowest BCUT2D eigenvalue weighted by atomic mass is 10.3. The molecule has 1 fully saturated rings. The highest BCUT2D eigenvalue weighted by Gasteiger charge is 2.33. The summed E-state index contributed by atoms with van der Waals surface area (Å²) in [7, 11) is -3.73. The van der Waals surface area contributed by atoms with Gasteiger partial charge in [0, 0.05) is 19.2 Å². The molecule has 0 unspecified atom stereocenters. The second kappa shape index (κ2) is 7.68. The maximum Gasteiger partial charge on any atom is 0.310 e. The molecule has 0 atom stereocenters. The Morgan fingerprint density at radius 1 is 1.25 bits per heavy atom. The van der Waals surface area contributed by atoms with Crippen LogP contribution in [0.25, 0.3) is 0 Å². The van der Waals surface area contributed by atoms with Gasteiger partial charge in [-0.2, -0.15) is 9.40 Å². The Kier molecular flexibility index (Phi) is 5.47. The fourth-order valence-corrected chi connectivity index (χ4v) is 5.10. The molecule has 0 aliphatic carbocycles. The Labute approximate surface area is 161 Å². The van der Waals surface area contributed by atoms with Gasteiger partial charge in [-0.05, 0) is 32.8 Å². The Morgan fingerprint density at radius 3 is 2.54 bits per heavy atom. The molecule has 28 heavy (non-hydrogen) atoms. The molecular formula is C17H20N4O6S. The van der Waals surface area contributed by atoms with E-state index in [-0.39, 0.29) is 27.7 Å². The van der Waals surface area contributed by atoms with Crippen molar-refractivity contribution in [3.8, 4) is 5.75 Å². The topological polar surface area (TPSA) is 125 Å². The molecule has 0 bridgehead atoms. The van der Waals surface area contributed by atoms with Gasteiger partial charge >= 0.3 is 5.69 Å². The summed E-state index contributed by atoms with van der Waals surface area (Å²) in [6.07, 6.45) is 1.60. The van der Waals surface area contributed by atoms with Crippen molar-refractivity contribution in [1.82, 2.24) is 14.1 Å². The van der Waals surface area contributed by atoms with Gasteiger partial charge in [-0.3, -0.25) is 14.9 Å². The Morgan fingerprint density at radius 2 is 1.89 bits per heavy atom. The average molecular weight is 408 g/mol. The molecule has 1 aliphatic rings. The number of carbonyl (C=O) groups excluding carboxylic acids is 1. The highest BCUT2D eigenvalue weighted by Crippen LogP contribution is 2.27. The molecule has 0 spiro atoms. The molecule has 11 heteroatoms. The van der Waals surface area contributed by atoms with E-state index >= 15 is 0 Å². The number of nitro benzene ring substituents is 1. The molecule has 0 radical (unpaired) electrons. The normalized spacial score (nSPS) is 14.9. The van der Waals surface area contributed by atoms with Gasteiger partial charge in [0.1, 0.15) is 4.90 Å². The van der Waals surface area contributed by atoms with Crippen molar-refractivity contribution in [1.29, 1.82) is 0 Å². The summed E-state index contributed by atoms with van der Waals surface area (Å²) in [6.45, 7) is 3.41. The second-order valence-corrected chi connectivity index (χ2v) is 8.30. The van der Waals surface area contributed by atoms with Gasteiger partial charge in [-0.1, -0.05) is 12.1 Å². The number of aromatic nitrogens is 2. The molecule has 10 nitrogen and oxygen atoms in total. The smallest absolute Gasteiger partial charge is 0.310 e. The third kappa shape index (κ3) is 3.62. The largest absolute Gasteiger partial charge is 0.477 e. The number of ether oxygens (including phenoxy) is 1. The van der Waals surface area contributed by atoms with E-state index in [4.69, 9.17) is 4.74 Å². The molecule has 150 valence electrons. The van der Waals surface area contributed by atoms with Crippen molar-refractivity contribution in [2.75, 3.05) is 19.7 Å². The number of nitro groups is 1. The van der Waals surface area contributed by atoms with Gasteiger partial charge in [-0.15, -0.1) is 0 Å². The SMILES string of the molecule is Cc1nn(C(=O)COc2ccccc2[N+](=O)[O-])c(C)c1S(=O)(=O)N1CCCC1. The zero-order valence-electron chi connectivity index (χ0n) is 15.5. The van der Waals surface area contributed by atoms with E-state index in [9.17, 15) is 23.3 Å².